The third-order valence-corrected chi connectivity index (χ3v) is 8.32. The SMILES string of the molecule is C/C=C\C(=C/C)c1nc(-c2ccc(-c3cc(-c4ccccc4)c(-c4ccccc4)c(-c4ccccc4)c3)cc2)nc(-c2cccnc2)n1. The van der Waals surface area contributed by atoms with Crippen LogP contribution < -0.4 is 0 Å². The first-order valence-electron chi connectivity index (χ1n) is 16.1. The Bertz CT molecular complexity index is 2150. The first-order valence-corrected chi connectivity index (χ1v) is 16.1. The van der Waals surface area contributed by atoms with E-state index in [-0.39, 0.29) is 0 Å². The van der Waals surface area contributed by atoms with Crippen LogP contribution in [-0.4, -0.2) is 19.9 Å². The summed E-state index contributed by atoms with van der Waals surface area (Å²) in [4.78, 5) is 18.9. The standard InChI is InChI=1S/C44H34N4/c1-3-15-31(4-2)42-46-43(48-44(47-42)37-22-14-27-45-30-37)36-25-23-32(24-26-36)38-28-39(33-16-8-5-9-17-33)41(35-20-12-7-13-21-35)40(29-38)34-18-10-6-11-19-34/h3-30H,1-2H3/b15-3-,31-4+. The molecule has 0 aliphatic carbocycles. The molecule has 0 N–H and O–H groups in total. The van der Waals surface area contributed by atoms with Crippen LogP contribution in [0.15, 0.2) is 170 Å². The monoisotopic (exact) mass is 618 g/mol. The summed E-state index contributed by atoms with van der Waals surface area (Å²) in [6, 6.07) is 49.0. The van der Waals surface area contributed by atoms with Crippen LogP contribution in [-0.2, 0) is 0 Å². The molecule has 230 valence electrons. The van der Waals surface area contributed by atoms with Crippen molar-refractivity contribution in [2.75, 3.05) is 0 Å². The first kappa shape index (κ1) is 30.4. The van der Waals surface area contributed by atoms with Crippen LogP contribution in [0.4, 0.5) is 0 Å². The van der Waals surface area contributed by atoms with Gasteiger partial charge < -0.3 is 0 Å². The highest BCUT2D eigenvalue weighted by Crippen LogP contribution is 2.43. The van der Waals surface area contributed by atoms with Crippen molar-refractivity contribution in [2.24, 2.45) is 0 Å². The number of nitrogens with zero attached hydrogens (tertiary/aromatic N) is 4. The molecule has 0 fully saturated rings. The average molecular weight is 619 g/mol. The number of benzene rings is 5. The van der Waals surface area contributed by atoms with Gasteiger partial charge in [0, 0.05) is 29.1 Å². The Labute approximate surface area is 281 Å². The molecule has 0 atom stereocenters. The molecule has 7 rings (SSSR count). The highest BCUT2D eigenvalue weighted by atomic mass is 15.0. The Hall–Kier alpha value is -6.26. The van der Waals surface area contributed by atoms with E-state index in [0.29, 0.717) is 17.5 Å². The molecule has 0 saturated heterocycles. The number of aromatic nitrogens is 4. The predicted octanol–water partition coefficient (Wildman–Crippen LogP) is 11.2. The van der Waals surface area contributed by atoms with Gasteiger partial charge in [0.25, 0.3) is 0 Å². The number of allylic oxidation sites excluding steroid dienone is 4. The van der Waals surface area contributed by atoms with E-state index in [1.54, 1.807) is 12.4 Å². The van der Waals surface area contributed by atoms with Gasteiger partial charge in [0.15, 0.2) is 17.5 Å². The molecule has 2 heterocycles. The summed E-state index contributed by atoms with van der Waals surface area (Å²) in [6.45, 7) is 3.99. The lowest BCUT2D eigenvalue weighted by Gasteiger charge is -2.19. The summed E-state index contributed by atoms with van der Waals surface area (Å²) in [6.07, 6.45) is 9.56. The van der Waals surface area contributed by atoms with Gasteiger partial charge in [0.1, 0.15) is 0 Å². The fraction of sp³-hybridized carbons (Fsp3) is 0.0455. The largest absolute Gasteiger partial charge is 0.264 e. The second-order valence-corrected chi connectivity index (χ2v) is 11.4. The molecule has 0 saturated carbocycles. The minimum atomic E-state index is 0.590. The van der Waals surface area contributed by atoms with Crippen LogP contribution in [0.25, 0.3) is 72.9 Å². The average Bonchev–Trinajstić information content (AvgIpc) is 3.17. The van der Waals surface area contributed by atoms with Crippen LogP contribution in [0.1, 0.15) is 19.7 Å². The van der Waals surface area contributed by atoms with E-state index >= 15 is 0 Å². The predicted molar refractivity (Wildman–Crippen MR) is 199 cm³/mol. The van der Waals surface area contributed by atoms with Gasteiger partial charge in [-0.05, 0) is 82.6 Å². The van der Waals surface area contributed by atoms with E-state index in [4.69, 9.17) is 15.0 Å². The molecule has 0 bridgehead atoms. The van der Waals surface area contributed by atoms with Crippen molar-refractivity contribution in [1.82, 2.24) is 19.9 Å². The Morgan fingerprint density at radius 1 is 0.479 bits per heavy atom. The van der Waals surface area contributed by atoms with Crippen LogP contribution in [0.3, 0.4) is 0 Å². The van der Waals surface area contributed by atoms with E-state index in [0.717, 1.165) is 27.8 Å². The second-order valence-electron chi connectivity index (χ2n) is 11.4. The first-order chi connectivity index (χ1) is 23.7. The van der Waals surface area contributed by atoms with E-state index in [1.807, 2.05) is 44.2 Å². The highest BCUT2D eigenvalue weighted by Gasteiger charge is 2.18. The van der Waals surface area contributed by atoms with Crippen molar-refractivity contribution >= 4 is 5.57 Å². The van der Waals surface area contributed by atoms with Gasteiger partial charge in [-0.25, -0.2) is 15.0 Å². The van der Waals surface area contributed by atoms with Gasteiger partial charge >= 0.3 is 0 Å². The smallest absolute Gasteiger partial charge is 0.165 e. The molecule has 0 radical (unpaired) electrons. The third kappa shape index (κ3) is 6.37. The fourth-order valence-electron chi connectivity index (χ4n) is 5.96. The Morgan fingerprint density at radius 2 is 1.00 bits per heavy atom. The molecule has 7 aromatic rings. The van der Waals surface area contributed by atoms with Gasteiger partial charge in [0.2, 0.25) is 0 Å². The summed E-state index contributed by atoms with van der Waals surface area (Å²) < 4.78 is 0. The minimum absolute atomic E-state index is 0.590. The van der Waals surface area contributed by atoms with Crippen molar-refractivity contribution in [2.45, 2.75) is 13.8 Å². The van der Waals surface area contributed by atoms with Gasteiger partial charge in [-0.1, -0.05) is 133 Å². The maximum absolute atomic E-state index is 4.91. The lowest BCUT2D eigenvalue weighted by atomic mass is 9.84. The van der Waals surface area contributed by atoms with Crippen molar-refractivity contribution in [3.63, 3.8) is 0 Å². The fourth-order valence-corrected chi connectivity index (χ4v) is 5.96. The number of hydrogen-bond donors (Lipinski definition) is 0. The quantitative estimate of drug-likeness (QED) is 0.159. The number of rotatable bonds is 8. The van der Waals surface area contributed by atoms with Crippen molar-refractivity contribution < 1.29 is 0 Å². The van der Waals surface area contributed by atoms with Crippen LogP contribution in [0, 0.1) is 0 Å². The van der Waals surface area contributed by atoms with Crippen LogP contribution in [0.5, 0.6) is 0 Å². The minimum Gasteiger partial charge on any atom is -0.264 e. The van der Waals surface area contributed by atoms with Gasteiger partial charge in [-0.2, -0.15) is 0 Å². The van der Waals surface area contributed by atoms with Gasteiger partial charge in [-0.15, -0.1) is 0 Å². The molecule has 2 aromatic heterocycles. The molecule has 0 aliphatic heterocycles. The molecule has 0 amide bonds. The van der Waals surface area contributed by atoms with E-state index in [2.05, 4.69) is 132 Å². The van der Waals surface area contributed by atoms with Gasteiger partial charge in [-0.3, -0.25) is 4.98 Å². The molecule has 0 aliphatic rings. The molecule has 4 nitrogen and oxygen atoms in total. The van der Waals surface area contributed by atoms with Crippen molar-refractivity contribution in [1.29, 1.82) is 0 Å². The summed E-state index contributed by atoms with van der Waals surface area (Å²) in [5, 5.41) is 0. The highest BCUT2D eigenvalue weighted by molar-refractivity contribution is 5.97. The van der Waals surface area contributed by atoms with Crippen LogP contribution >= 0.6 is 0 Å². The van der Waals surface area contributed by atoms with E-state index in [1.165, 1.54) is 33.4 Å². The molecular weight excluding hydrogens is 585 g/mol. The van der Waals surface area contributed by atoms with E-state index in [9.17, 15) is 0 Å². The van der Waals surface area contributed by atoms with Crippen molar-refractivity contribution in [3.05, 3.63) is 176 Å². The second kappa shape index (κ2) is 14.0. The molecule has 0 unspecified atom stereocenters. The topological polar surface area (TPSA) is 51.6 Å². The summed E-state index contributed by atoms with van der Waals surface area (Å²) in [5.41, 5.74) is 12.1. The van der Waals surface area contributed by atoms with Gasteiger partial charge in [0.05, 0.1) is 0 Å². The normalized spacial score (nSPS) is 11.6. The Balaban J connectivity index is 1.38. The van der Waals surface area contributed by atoms with E-state index < -0.39 is 0 Å². The maximum Gasteiger partial charge on any atom is 0.165 e. The lowest BCUT2D eigenvalue weighted by Crippen LogP contribution is -2.02. The third-order valence-electron chi connectivity index (χ3n) is 8.32. The summed E-state index contributed by atoms with van der Waals surface area (Å²) in [5.74, 6) is 1.83. The zero-order chi connectivity index (χ0) is 32.7. The zero-order valence-electron chi connectivity index (χ0n) is 27.0. The number of pyridine rings is 1. The molecular formula is C44H34N4. The summed E-state index contributed by atoms with van der Waals surface area (Å²) in [7, 11) is 0. The van der Waals surface area contributed by atoms with Crippen molar-refractivity contribution in [3.8, 4) is 67.3 Å². The Morgan fingerprint density at radius 3 is 1.52 bits per heavy atom. The molecule has 4 heteroatoms. The van der Waals surface area contributed by atoms with Crippen LogP contribution in [0.2, 0.25) is 0 Å². The Kier molecular flexibility index (Phi) is 8.88. The lowest BCUT2D eigenvalue weighted by molar-refractivity contribution is 1.03. The zero-order valence-corrected chi connectivity index (χ0v) is 27.0. The number of hydrogen-bond acceptors (Lipinski definition) is 4. The molecule has 5 aromatic carbocycles. The molecule has 0 spiro atoms. The molecule has 48 heavy (non-hydrogen) atoms. The summed E-state index contributed by atoms with van der Waals surface area (Å²) >= 11 is 0. The maximum atomic E-state index is 4.91.